The average molecular weight is 787 g/mol. The van der Waals surface area contributed by atoms with Crippen LogP contribution in [-0.4, -0.2) is 70.5 Å². The van der Waals surface area contributed by atoms with E-state index in [-0.39, 0.29) is 57.5 Å². The lowest BCUT2D eigenvalue weighted by atomic mass is 9.32. The lowest BCUT2D eigenvalue weighted by Crippen LogP contribution is -2.67. The monoisotopic (exact) mass is 787 g/mol. The lowest BCUT2D eigenvalue weighted by molar-refractivity contribution is -0.251. The van der Waals surface area contributed by atoms with Gasteiger partial charge in [-0.15, -0.1) is 0 Å². The normalized spacial score (nSPS) is 39.2. The Morgan fingerprint density at radius 2 is 1.53 bits per heavy atom. The van der Waals surface area contributed by atoms with E-state index in [1.54, 1.807) is 4.90 Å². The Bertz CT molecular complexity index is 1830. The molecule has 11 atom stereocenters. The number of hydrogen-bond donors (Lipinski definition) is 1. The molecule has 0 spiro atoms. The Hall–Kier alpha value is -3.30. The third kappa shape index (κ3) is 6.65. The van der Waals surface area contributed by atoms with E-state index >= 15 is 0 Å². The van der Waals surface area contributed by atoms with E-state index in [0.29, 0.717) is 60.5 Å². The number of allylic oxidation sites excluding steroid dienone is 1. The van der Waals surface area contributed by atoms with Crippen LogP contribution in [0.15, 0.2) is 12.2 Å². The topological polar surface area (TPSA) is 128 Å². The van der Waals surface area contributed by atoms with Gasteiger partial charge in [-0.05, 0) is 151 Å². The molecule has 1 aromatic rings. The molecular formula is C47H70N4O6. The van der Waals surface area contributed by atoms with Gasteiger partial charge in [0, 0.05) is 24.3 Å². The van der Waals surface area contributed by atoms with Gasteiger partial charge in [0.1, 0.15) is 18.7 Å². The summed E-state index contributed by atoms with van der Waals surface area (Å²) in [6.45, 7) is 27.2. The largest absolute Gasteiger partial charge is 0.460 e. The van der Waals surface area contributed by atoms with Crippen molar-refractivity contribution in [2.75, 3.05) is 19.7 Å². The van der Waals surface area contributed by atoms with Gasteiger partial charge in [-0.1, -0.05) is 46.8 Å². The first-order chi connectivity index (χ1) is 26.7. The zero-order valence-corrected chi connectivity index (χ0v) is 36.6. The molecule has 1 aromatic heterocycles. The Morgan fingerprint density at radius 1 is 0.807 bits per heavy atom. The molecule has 5 aliphatic carbocycles. The quantitative estimate of drug-likeness (QED) is 0.206. The van der Waals surface area contributed by atoms with Gasteiger partial charge in [0.05, 0.1) is 23.7 Å². The minimum absolute atomic E-state index is 0.0673. The number of aromatic nitrogens is 2. The molecular weight excluding hydrogens is 717 g/mol. The first-order valence-corrected chi connectivity index (χ1v) is 22.1. The van der Waals surface area contributed by atoms with Crippen molar-refractivity contribution >= 4 is 23.8 Å². The molecule has 10 nitrogen and oxygen atoms in total. The van der Waals surface area contributed by atoms with E-state index in [1.807, 2.05) is 20.8 Å². The number of rotatable bonds is 8. The number of amides is 2. The minimum atomic E-state index is -0.512. The smallest absolute Gasteiger partial charge is 0.358 e. The average Bonchev–Trinajstić information content (AvgIpc) is 3.79. The molecule has 57 heavy (non-hydrogen) atoms. The standard InChI is InChI=1S/C47H70N4O6/c1-27(2)32-16-21-47(26-56-42(55)40-30(5)49-28(3)29(4)50-40)23-22-45(10)33(39(32)47)14-15-36-44(9)19-18-37(43(7,8)35(44)17-20-46(36,45)11)57-38(53)25-48-41(54)34-13-12-24-51(34)31(6)52/h32-37,39H,1,12-26H2,2-11H3,(H,48,54)/t32-,33+,34-,35-,36+,37-,39+,44-,45+,46+,47+/m0/s1. The summed E-state index contributed by atoms with van der Waals surface area (Å²) in [5.74, 6) is 1.17. The SMILES string of the molecule is C=C(C)[C@@H]1CC[C@]2(COC(=O)c3nc(C)c(C)nc3C)CC[C@]3(C)[C@H](CC[C@@H]4[C@@]5(C)CC[C@H](OC(=O)CNC(=O)[C@@H]6CCCN6C(C)=O)C(C)(C)[C@@H]5CC[C@]43C)[C@@H]12. The van der Waals surface area contributed by atoms with Crippen LogP contribution < -0.4 is 5.32 Å². The van der Waals surface area contributed by atoms with E-state index in [9.17, 15) is 19.2 Å². The van der Waals surface area contributed by atoms with Crippen LogP contribution in [0.5, 0.6) is 0 Å². The molecule has 5 saturated carbocycles. The van der Waals surface area contributed by atoms with Crippen LogP contribution >= 0.6 is 0 Å². The summed E-state index contributed by atoms with van der Waals surface area (Å²) in [7, 11) is 0. The summed E-state index contributed by atoms with van der Waals surface area (Å²) >= 11 is 0. The number of nitrogens with one attached hydrogen (secondary N) is 1. The van der Waals surface area contributed by atoms with Gasteiger partial charge in [-0.3, -0.25) is 19.4 Å². The van der Waals surface area contributed by atoms with Crippen LogP contribution in [0.4, 0.5) is 0 Å². The van der Waals surface area contributed by atoms with Crippen molar-refractivity contribution in [1.29, 1.82) is 0 Å². The third-order valence-corrected chi connectivity index (χ3v) is 18.0. The summed E-state index contributed by atoms with van der Waals surface area (Å²) < 4.78 is 12.5. The van der Waals surface area contributed by atoms with Gasteiger partial charge >= 0.3 is 11.9 Å². The molecule has 0 unspecified atom stereocenters. The molecule has 314 valence electrons. The van der Waals surface area contributed by atoms with Crippen LogP contribution in [-0.2, 0) is 23.9 Å². The Balaban J connectivity index is 1.06. The van der Waals surface area contributed by atoms with Gasteiger partial charge in [0.25, 0.3) is 0 Å². The summed E-state index contributed by atoms with van der Waals surface area (Å²) in [5.41, 5.74) is 3.93. The van der Waals surface area contributed by atoms with Gasteiger partial charge < -0.3 is 19.7 Å². The van der Waals surface area contributed by atoms with Crippen LogP contribution in [0.25, 0.3) is 0 Å². The maximum atomic E-state index is 13.6. The van der Waals surface area contributed by atoms with Crippen molar-refractivity contribution in [2.45, 2.75) is 158 Å². The van der Waals surface area contributed by atoms with Crippen molar-refractivity contribution < 1.29 is 28.7 Å². The number of esters is 2. The number of hydrogen-bond acceptors (Lipinski definition) is 8. The summed E-state index contributed by atoms with van der Waals surface area (Å²) in [4.78, 5) is 62.6. The maximum absolute atomic E-state index is 13.6. The Morgan fingerprint density at radius 3 is 2.23 bits per heavy atom. The number of ether oxygens (including phenoxy) is 2. The summed E-state index contributed by atoms with van der Waals surface area (Å²) in [6, 6.07) is -0.512. The molecule has 1 N–H and O–H groups in total. The highest BCUT2D eigenvalue weighted by Crippen LogP contribution is 2.77. The highest BCUT2D eigenvalue weighted by Gasteiger charge is 2.71. The molecule has 7 rings (SSSR count). The number of carbonyl (C=O) groups excluding carboxylic acids is 4. The summed E-state index contributed by atoms with van der Waals surface area (Å²) in [5, 5.41) is 2.78. The second-order valence-electron chi connectivity index (χ2n) is 20.9. The third-order valence-electron chi connectivity index (χ3n) is 18.0. The molecule has 1 saturated heterocycles. The number of nitrogens with zero attached hydrogens (tertiary/aromatic N) is 3. The van der Waals surface area contributed by atoms with Crippen molar-refractivity contribution in [1.82, 2.24) is 20.2 Å². The number of fused-ring (bicyclic) bond motifs is 7. The van der Waals surface area contributed by atoms with E-state index in [4.69, 9.17) is 9.47 Å². The van der Waals surface area contributed by atoms with Crippen LogP contribution in [0.1, 0.15) is 153 Å². The second kappa shape index (κ2) is 14.8. The van der Waals surface area contributed by atoms with Crippen LogP contribution in [0.3, 0.4) is 0 Å². The molecule has 0 aromatic carbocycles. The van der Waals surface area contributed by atoms with E-state index in [0.717, 1.165) is 69.2 Å². The molecule has 2 heterocycles. The number of aryl methyl sites for hydroxylation is 3. The van der Waals surface area contributed by atoms with Crippen LogP contribution in [0, 0.1) is 77.4 Å². The fraction of sp³-hybridized carbons (Fsp3) is 0.787. The zero-order valence-electron chi connectivity index (χ0n) is 36.6. The van der Waals surface area contributed by atoms with Gasteiger partial charge in [0.2, 0.25) is 11.8 Å². The van der Waals surface area contributed by atoms with Crippen molar-refractivity contribution in [2.24, 2.45) is 56.7 Å². The molecule has 1 aliphatic heterocycles. The first kappa shape index (κ1) is 41.8. The summed E-state index contributed by atoms with van der Waals surface area (Å²) in [6.07, 6.45) is 12.0. The highest BCUT2D eigenvalue weighted by molar-refractivity contribution is 5.89. The molecule has 0 bridgehead atoms. The first-order valence-electron chi connectivity index (χ1n) is 22.1. The number of carbonyl (C=O) groups is 4. The molecule has 0 radical (unpaired) electrons. The predicted molar refractivity (Wildman–Crippen MR) is 219 cm³/mol. The number of likely N-dealkylation sites (tertiary alicyclic amines) is 1. The van der Waals surface area contributed by atoms with Crippen molar-refractivity contribution in [3.8, 4) is 0 Å². The zero-order chi connectivity index (χ0) is 41.5. The Labute approximate surface area is 341 Å². The fourth-order valence-corrected chi connectivity index (χ4v) is 14.8. The fourth-order valence-electron chi connectivity index (χ4n) is 14.8. The molecule has 6 aliphatic rings. The second-order valence-corrected chi connectivity index (χ2v) is 20.9. The van der Waals surface area contributed by atoms with Crippen molar-refractivity contribution in [3.63, 3.8) is 0 Å². The predicted octanol–water partition coefficient (Wildman–Crippen LogP) is 8.26. The van der Waals surface area contributed by atoms with Gasteiger partial charge in [0.15, 0.2) is 5.69 Å². The van der Waals surface area contributed by atoms with Gasteiger partial charge in [-0.25, -0.2) is 9.78 Å². The van der Waals surface area contributed by atoms with E-state index in [1.165, 1.54) is 25.3 Å². The van der Waals surface area contributed by atoms with Crippen molar-refractivity contribution in [3.05, 3.63) is 34.9 Å². The molecule has 2 amide bonds. The lowest BCUT2D eigenvalue weighted by Gasteiger charge is -2.73. The van der Waals surface area contributed by atoms with Crippen LogP contribution in [0.2, 0.25) is 0 Å². The molecule has 10 heteroatoms. The van der Waals surface area contributed by atoms with E-state index < -0.39 is 12.0 Å². The van der Waals surface area contributed by atoms with E-state index in [2.05, 4.69) is 63.4 Å². The minimum Gasteiger partial charge on any atom is -0.460 e. The van der Waals surface area contributed by atoms with Gasteiger partial charge in [-0.2, -0.15) is 0 Å². The maximum Gasteiger partial charge on any atom is 0.358 e. The Kier molecular flexibility index (Phi) is 10.8. The molecule has 6 fully saturated rings. The highest BCUT2D eigenvalue weighted by atomic mass is 16.5.